The number of rotatable bonds is 6. The Morgan fingerprint density at radius 2 is 1.93 bits per heavy atom. The SMILES string of the molecule is CCN1CCN(C(=O)C2CCN(c3nc(Cc4cccc(OC)c4)ns3)CC2)CC1. The van der Waals surface area contributed by atoms with Crippen LogP contribution in [-0.4, -0.2) is 78.0 Å². The second kappa shape index (κ2) is 9.75. The Hall–Kier alpha value is -2.19. The number of piperidine rings is 1. The third-order valence-corrected chi connectivity index (χ3v) is 7.01. The zero-order valence-electron chi connectivity index (χ0n) is 17.9. The van der Waals surface area contributed by atoms with Gasteiger partial charge in [-0.1, -0.05) is 19.1 Å². The molecule has 0 atom stereocenters. The molecule has 2 saturated heterocycles. The van der Waals surface area contributed by atoms with Gasteiger partial charge in [-0.3, -0.25) is 4.79 Å². The highest BCUT2D eigenvalue weighted by Gasteiger charge is 2.31. The van der Waals surface area contributed by atoms with Gasteiger partial charge in [0, 0.05) is 63.1 Å². The molecule has 0 saturated carbocycles. The molecule has 3 heterocycles. The van der Waals surface area contributed by atoms with E-state index in [4.69, 9.17) is 9.72 Å². The number of ether oxygens (including phenoxy) is 1. The smallest absolute Gasteiger partial charge is 0.225 e. The average molecular weight is 430 g/mol. The average Bonchev–Trinajstić information content (AvgIpc) is 3.27. The van der Waals surface area contributed by atoms with Crippen LogP contribution in [0.2, 0.25) is 0 Å². The maximum Gasteiger partial charge on any atom is 0.225 e. The minimum absolute atomic E-state index is 0.151. The fourth-order valence-corrected chi connectivity index (χ4v) is 5.01. The first kappa shape index (κ1) is 21.1. The van der Waals surface area contributed by atoms with Crippen LogP contribution in [-0.2, 0) is 11.2 Å². The van der Waals surface area contributed by atoms with E-state index in [0.29, 0.717) is 12.3 Å². The monoisotopic (exact) mass is 429 g/mol. The molecule has 1 amide bonds. The van der Waals surface area contributed by atoms with Crippen LogP contribution in [0.15, 0.2) is 24.3 Å². The van der Waals surface area contributed by atoms with Crippen molar-refractivity contribution < 1.29 is 9.53 Å². The Morgan fingerprint density at radius 1 is 1.17 bits per heavy atom. The van der Waals surface area contributed by atoms with E-state index in [9.17, 15) is 4.79 Å². The number of anilines is 1. The van der Waals surface area contributed by atoms with E-state index in [0.717, 1.165) is 80.9 Å². The van der Waals surface area contributed by atoms with Gasteiger partial charge in [0.1, 0.15) is 11.6 Å². The number of aromatic nitrogens is 2. The number of likely N-dealkylation sites (N-methyl/N-ethyl adjacent to an activating group) is 1. The van der Waals surface area contributed by atoms with Crippen molar-refractivity contribution in [3.63, 3.8) is 0 Å². The summed E-state index contributed by atoms with van der Waals surface area (Å²) >= 11 is 1.46. The lowest BCUT2D eigenvalue weighted by Crippen LogP contribution is -2.51. The normalized spacial score (nSPS) is 18.6. The van der Waals surface area contributed by atoms with E-state index >= 15 is 0 Å². The molecule has 2 aliphatic heterocycles. The summed E-state index contributed by atoms with van der Waals surface area (Å²) in [6.45, 7) is 8.75. The minimum atomic E-state index is 0.151. The zero-order valence-corrected chi connectivity index (χ0v) is 18.7. The van der Waals surface area contributed by atoms with Gasteiger partial charge in [-0.25, -0.2) is 4.98 Å². The van der Waals surface area contributed by atoms with Crippen molar-refractivity contribution in [1.29, 1.82) is 0 Å². The summed E-state index contributed by atoms with van der Waals surface area (Å²) in [5.41, 5.74) is 1.14. The standard InChI is InChI=1S/C22H31N5O2S/c1-3-25-11-13-26(14-12-25)21(28)18-7-9-27(10-8-18)22-23-20(24-30-22)16-17-5-4-6-19(15-17)29-2/h4-6,15,18H,3,7-14,16H2,1-2H3. The maximum absolute atomic E-state index is 12.9. The summed E-state index contributed by atoms with van der Waals surface area (Å²) in [5.74, 6) is 2.20. The zero-order chi connectivity index (χ0) is 20.9. The van der Waals surface area contributed by atoms with Gasteiger partial charge in [0.25, 0.3) is 0 Å². The molecule has 0 bridgehead atoms. The lowest BCUT2D eigenvalue weighted by molar-refractivity contribution is -0.137. The molecule has 0 radical (unpaired) electrons. The third kappa shape index (κ3) is 4.92. The largest absolute Gasteiger partial charge is 0.497 e. The number of nitrogens with zero attached hydrogens (tertiary/aromatic N) is 5. The van der Waals surface area contributed by atoms with Crippen LogP contribution in [0.3, 0.4) is 0 Å². The van der Waals surface area contributed by atoms with Gasteiger partial charge in [-0.05, 0) is 37.1 Å². The molecule has 7 nitrogen and oxygen atoms in total. The van der Waals surface area contributed by atoms with Gasteiger partial charge in [0.05, 0.1) is 7.11 Å². The predicted molar refractivity (Wildman–Crippen MR) is 119 cm³/mol. The Balaban J connectivity index is 1.29. The Labute approximate surface area is 182 Å². The van der Waals surface area contributed by atoms with Crippen molar-refractivity contribution >= 4 is 22.6 Å². The second-order valence-corrected chi connectivity index (χ2v) is 8.77. The summed E-state index contributed by atoms with van der Waals surface area (Å²) in [5, 5.41) is 0.968. The number of hydrogen-bond acceptors (Lipinski definition) is 7. The molecule has 162 valence electrons. The van der Waals surface area contributed by atoms with Gasteiger partial charge >= 0.3 is 0 Å². The van der Waals surface area contributed by atoms with E-state index in [2.05, 4.69) is 32.1 Å². The summed E-state index contributed by atoms with van der Waals surface area (Å²) in [4.78, 5) is 24.4. The number of methoxy groups -OCH3 is 1. The molecule has 1 aromatic heterocycles. The van der Waals surface area contributed by atoms with Crippen molar-refractivity contribution in [3.05, 3.63) is 35.7 Å². The number of hydrogen-bond donors (Lipinski definition) is 0. The minimum Gasteiger partial charge on any atom is -0.497 e. The van der Waals surface area contributed by atoms with Crippen LogP contribution in [0, 0.1) is 5.92 Å². The molecule has 1 aromatic carbocycles. The quantitative estimate of drug-likeness (QED) is 0.703. The van der Waals surface area contributed by atoms with E-state index in [1.54, 1.807) is 7.11 Å². The molecule has 2 aliphatic rings. The Kier molecular flexibility index (Phi) is 6.84. The summed E-state index contributed by atoms with van der Waals surface area (Å²) < 4.78 is 9.85. The van der Waals surface area contributed by atoms with Crippen LogP contribution >= 0.6 is 11.5 Å². The Morgan fingerprint density at radius 3 is 2.63 bits per heavy atom. The molecule has 30 heavy (non-hydrogen) atoms. The molecule has 0 N–H and O–H groups in total. The number of amides is 1. The van der Waals surface area contributed by atoms with Gasteiger partial charge in [-0.15, -0.1) is 0 Å². The number of benzene rings is 1. The van der Waals surface area contributed by atoms with E-state index in [1.807, 2.05) is 18.2 Å². The van der Waals surface area contributed by atoms with Crippen LogP contribution < -0.4 is 9.64 Å². The molecular formula is C22H31N5O2S. The lowest BCUT2D eigenvalue weighted by Gasteiger charge is -2.38. The Bertz CT molecular complexity index is 842. The second-order valence-electron chi connectivity index (χ2n) is 8.04. The lowest BCUT2D eigenvalue weighted by atomic mass is 9.95. The van der Waals surface area contributed by atoms with Crippen LogP contribution in [0.4, 0.5) is 5.13 Å². The number of piperazine rings is 1. The van der Waals surface area contributed by atoms with Crippen LogP contribution in [0.25, 0.3) is 0 Å². The van der Waals surface area contributed by atoms with Crippen molar-refractivity contribution in [2.45, 2.75) is 26.2 Å². The highest BCUT2D eigenvalue weighted by atomic mass is 32.1. The molecule has 0 spiro atoms. The summed E-state index contributed by atoms with van der Waals surface area (Å²) in [6.07, 6.45) is 2.50. The first-order chi connectivity index (χ1) is 14.7. The molecule has 0 aliphatic carbocycles. The van der Waals surface area contributed by atoms with Gasteiger partial charge in [-0.2, -0.15) is 4.37 Å². The molecule has 2 fully saturated rings. The maximum atomic E-state index is 12.9. The van der Waals surface area contributed by atoms with Crippen LogP contribution in [0.5, 0.6) is 5.75 Å². The van der Waals surface area contributed by atoms with E-state index in [-0.39, 0.29) is 5.92 Å². The molecule has 4 rings (SSSR count). The molecule has 0 unspecified atom stereocenters. The first-order valence-electron chi connectivity index (χ1n) is 10.9. The molecule has 2 aromatic rings. The summed E-state index contributed by atoms with van der Waals surface area (Å²) in [6, 6.07) is 8.03. The fraction of sp³-hybridized carbons (Fsp3) is 0.591. The van der Waals surface area contributed by atoms with Crippen molar-refractivity contribution in [1.82, 2.24) is 19.2 Å². The van der Waals surface area contributed by atoms with Gasteiger partial charge in [0.15, 0.2) is 0 Å². The van der Waals surface area contributed by atoms with E-state index in [1.165, 1.54) is 11.5 Å². The van der Waals surface area contributed by atoms with E-state index < -0.39 is 0 Å². The van der Waals surface area contributed by atoms with Crippen molar-refractivity contribution in [2.24, 2.45) is 5.92 Å². The molecular weight excluding hydrogens is 398 g/mol. The fourth-order valence-electron chi connectivity index (χ4n) is 4.27. The predicted octanol–water partition coefficient (Wildman–Crippen LogP) is 2.52. The third-order valence-electron chi connectivity index (χ3n) is 6.20. The van der Waals surface area contributed by atoms with Crippen LogP contribution in [0.1, 0.15) is 31.2 Å². The van der Waals surface area contributed by atoms with Crippen molar-refractivity contribution in [2.75, 3.05) is 57.8 Å². The van der Waals surface area contributed by atoms with Gasteiger partial charge in [0.2, 0.25) is 11.0 Å². The summed E-state index contributed by atoms with van der Waals surface area (Å²) in [7, 11) is 1.68. The van der Waals surface area contributed by atoms with Crippen molar-refractivity contribution in [3.8, 4) is 5.75 Å². The first-order valence-corrected chi connectivity index (χ1v) is 11.6. The highest BCUT2D eigenvalue weighted by Crippen LogP contribution is 2.27. The van der Waals surface area contributed by atoms with Gasteiger partial charge < -0.3 is 19.4 Å². The topological polar surface area (TPSA) is 61.8 Å². The highest BCUT2D eigenvalue weighted by molar-refractivity contribution is 7.09. The number of carbonyl (C=O) groups excluding carboxylic acids is 1. The number of carbonyl (C=O) groups is 1. The molecule has 8 heteroatoms.